The summed E-state index contributed by atoms with van der Waals surface area (Å²) in [5.41, 5.74) is -1.29. The maximum atomic E-state index is 11.8. The summed E-state index contributed by atoms with van der Waals surface area (Å²) in [4.78, 5) is 23.3. The third-order valence-electron chi connectivity index (χ3n) is 4.03. The van der Waals surface area contributed by atoms with E-state index in [-0.39, 0.29) is 18.9 Å². The van der Waals surface area contributed by atoms with Gasteiger partial charge in [-0.1, -0.05) is 19.3 Å². The molecule has 0 heterocycles. The standard InChI is InChI=1S/C14H25NO4/c1-13(2,19-3)9-11(16)15-10-14(12(17)18)7-5-4-6-8-14/h4-10H2,1-3H3,(H,15,16)(H,17,18). The summed E-state index contributed by atoms with van der Waals surface area (Å²) in [5, 5.41) is 12.2. The lowest BCUT2D eigenvalue weighted by molar-refractivity contribution is -0.151. The van der Waals surface area contributed by atoms with Crippen molar-refractivity contribution < 1.29 is 19.4 Å². The van der Waals surface area contributed by atoms with Crippen LogP contribution in [0.15, 0.2) is 0 Å². The van der Waals surface area contributed by atoms with Crippen molar-refractivity contribution >= 4 is 11.9 Å². The van der Waals surface area contributed by atoms with Gasteiger partial charge < -0.3 is 15.2 Å². The van der Waals surface area contributed by atoms with E-state index < -0.39 is 17.0 Å². The average molecular weight is 271 g/mol. The van der Waals surface area contributed by atoms with Gasteiger partial charge >= 0.3 is 5.97 Å². The zero-order valence-electron chi connectivity index (χ0n) is 12.1. The SMILES string of the molecule is COC(C)(C)CC(=O)NCC1(C(=O)O)CCCCC1. The highest BCUT2D eigenvalue weighted by Gasteiger charge is 2.40. The van der Waals surface area contributed by atoms with Crippen molar-refractivity contribution in [2.75, 3.05) is 13.7 Å². The first-order valence-electron chi connectivity index (χ1n) is 6.87. The molecule has 0 bridgehead atoms. The van der Waals surface area contributed by atoms with Gasteiger partial charge in [0.05, 0.1) is 17.4 Å². The van der Waals surface area contributed by atoms with Gasteiger partial charge in [0.15, 0.2) is 0 Å². The number of methoxy groups -OCH3 is 1. The molecule has 0 atom stereocenters. The lowest BCUT2D eigenvalue weighted by atomic mass is 9.74. The van der Waals surface area contributed by atoms with Crippen LogP contribution >= 0.6 is 0 Å². The number of carbonyl (C=O) groups excluding carboxylic acids is 1. The number of carbonyl (C=O) groups is 2. The summed E-state index contributed by atoms with van der Waals surface area (Å²) >= 11 is 0. The number of hydrogen-bond donors (Lipinski definition) is 2. The van der Waals surface area contributed by atoms with Crippen LogP contribution in [0.5, 0.6) is 0 Å². The van der Waals surface area contributed by atoms with Crippen molar-refractivity contribution in [2.45, 2.75) is 58.0 Å². The van der Waals surface area contributed by atoms with Crippen molar-refractivity contribution in [3.8, 4) is 0 Å². The van der Waals surface area contributed by atoms with Crippen LogP contribution in [-0.4, -0.2) is 36.2 Å². The molecule has 5 nitrogen and oxygen atoms in total. The van der Waals surface area contributed by atoms with E-state index in [9.17, 15) is 14.7 Å². The Labute approximate surface area is 114 Å². The molecule has 19 heavy (non-hydrogen) atoms. The van der Waals surface area contributed by atoms with Gasteiger partial charge in [-0.25, -0.2) is 0 Å². The topological polar surface area (TPSA) is 75.6 Å². The summed E-state index contributed by atoms with van der Waals surface area (Å²) < 4.78 is 5.20. The van der Waals surface area contributed by atoms with E-state index in [1.807, 2.05) is 13.8 Å². The second-order valence-corrected chi connectivity index (χ2v) is 6.06. The molecule has 1 saturated carbocycles. The van der Waals surface area contributed by atoms with Gasteiger partial charge in [-0.15, -0.1) is 0 Å². The maximum Gasteiger partial charge on any atom is 0.311 e. The van der Waals surface area contributed by atoms with Crippen LogP contribution in [0.3, 0.4) is 0 Å². The number of amides is 1. The van der Waals surface area contributed by atoms with E-state index in [4.69, 9.17) is 4.74 Å². The number of nitrogens with one attached hydrogen (secondary N) is 1. The second kappa shape index (κ2) is 6.37. The first-order valence-corrected chi connectivity index (χ1v) is 6.87. The van der Waals surface area contributed by atoms with E-state index in [2.05, 4.69) is 5.32 Å². The first kappa shape index (κ1) is 16.0. The lowest BCUT2D eigenvalue weighted by Crippen LogP contribution is -2.45. The monoisotopic (exact) mass is 271 g/mol. The van der Waals surface area contributed by atoms with Gasteiger partial charge in [-0.2, -0.15) is 0 Å². The molecule has 0 aliphatic heterocycles. The zero-order valence-corrected chi connectivity index (χ0v) is 12.1. The molecule has 1 aliphatic carbocycles. The van der Waals surface area contributed by atoms with Crippen molar-refractivity contribution in [3.05, 3.63) is 0 Å². The van der Waals surface area contributed by atoms with Gasteiger partial charge in [0.1, 0.15) is 0 Å². The Balaban J connectivity index is 2.53. The summed E-state index contributed by atoms with van der Waals surface area (Å²) in [6, 6.07) is 0. The largest absolute Gasteiger partial charge is 0.481 e. The number of ether oxygens (including phenoxy) is 1. The molecule has 1 fully saturated rings. The predicted octanol–water partition coefficient (Wildman–Crippen LogP) is 1.95. The van der Waals surface area contributed by atoms with Crippen LogP contribution in [0.25, 0.3) is 0 Å². The molecule has 0 aromatic heterocycles. The highest BCUT2D eigenvalue weighted by atomic mass is 16.5. The molecule has 110 valence electrons. The van der Waals surface area contributed by atoms with Gasteiger partial charge in [0, 0.05) is 13.7 Å². The fourth-order valence-electron chi connectivity index (χ4n) is 2.48. The minimum absolute atomic E-state index is 0.155. The number of aliphatic carboxylic acids is 1. The van der Waals surface area contributed by atoms with Crippen LogP contribution in [0, 0.1) is 5.41 Å². The third-order valence-corrected chi connectivity index (χ3v) is 4.03. The zero-order chi connectivity index (χ0) is 14.5. The summed E-state index contributed by atoms with van der Waals surface area (Å²) in [6.07, 6.45) is 4.46. The third kappa shape index (κ3) is 4.49. The first-order chi connectivity index (χ1) is 8.81. The molecule has 0 aromatic rings. The minimum atomic E-state index is -0.793. The number of rotatable bonds is 6. The molecule has 0 spiro atoms. The molecule has 0 aromatic carbocycles. The van der Waals surface area contributed by atoms with Gasteiger partial charge in [0.2, 0.25) is 5.91 Å². The quantitative estimate of drug-likeness (QED) is 0.774. The summed E-state index contributed by atoms with van der Waals surface area (Å²) in [6.45, 7) is 3.89. The Morgan fingerprint density at radius 3 is 2.32 bits per heavy atom. The Morgan fingerprint density at radius 2 is 1.84 bits per heavy atom. The normalized spacial score (nSPS) is 18.9. The molecule has 0 saturated heterocycles. The van der Waals surface area contributed by atoms with Crippen LogP contribution < -0.4 is 5.32 Å². The second-order valence-electron chi connectivity index (χ2n) is 6.06. The van der Waals surface area contributed by atoms with E-state index in [0.29, 0.717) is 12.8 Å². The van der Waals surface area contributed by atoms with Crippen LogP contribution in [0.4, 0.5) is 0 Å². The summed E-state index contributed by atoms with van der Waals surface area (Å²) in [7, 11) is 1.56. The minimum Gasteiger partial charge on any atom is -0.481 e. The number of carboxylic acid groups (broad SMARTS) is 1. The van der Waals surface area contributed by atoms with Crippen LogP contribution in [0.2, 0.25) is 0 Å². The Kier molecular flexibility index (Phi) is 5.35. The smallest absolute Gasteiger partial charge is 0.311 e. The van der Waals surface area contributed by atoms with E-state index in [0.717, 1.165) is 19.3 Å². The molecular weight excluding hydrogens is 246 g/mol. The van der Waals surface area contributed by atoms with Crippen molar-refractivity contribution in [3.63, 3.8) is 0 Å². The van der Waals surface area contributed by atoms with E-state index >= 15 is 0 Å². The molecular formula is C14H25NO4. The average Bonchev–Trinajstić information content (AvgIpc) is 2.37. The molecule has 2 N–H and O–H groups in total. The molecule has 1 aliphatic rings. The van der Waals surface area contributed by atoms with Gasteiger partial charge in [-0.3, -0.25) is 9.59 Å². The van der Waals surface area contributed by atoms with Crippen LogP contribution in [-0.2, 0) is 14.3 Å². The Hall–Kier alpha value is -1.10. The molecule has 1 rings (SSSR count). The van der Waals surface area contributed by atoms with Crippen LogP contribution in [0.1, 0.15) is 52.4 Å². The van der Waals surface area contributed by atoms with Gasteiger partial charge in [0.25, 0.3) is 0 Å². The fourth-order valence-corrected chi connectivity index (χ4v) is 2.48. The molecule has 0 unspecified atom stereocenters. The van der Waals surface area contributed by atoms with Crippen molar-refractivity contribution in [2.24, 2.45) is 5.41 Å². The van der Waals surface area contributed by atoms with E-state index in [1.165, 1.54) is 0 Å². The highest BCUT2D eigenvalue weighted by molar-refractivity contribution is 5.79. The number of hydrogen-bond acceptors (Lipinski definition) is 3. The summed E-state index contributed by atoms with van der Waals surface area (Å²) in [5.74, 6) is -0.948. The molecule has 1 amide bonds. The Bertz CT molecular complexity index is 332. The fraction of sp³-hybridized carbons (Fsp3) is 0.857. The van der Waals surface area contributed by atoms with Gasteiger partial charge in [-0.05, 0) is 26.7 Å². The van der Waals surface area contributed by atoms with Crippen molar-refractivity contribution in [1.82, 2.24) is 5.32 Å². The van der Waals surface area contributed by atoms with Crippen molar-refractivity contribution in [1.29, 1.82) is 0 Å². The Morgan fingerprint density at radius 1 is 1.26 bits per heavy atom. The number of carboxylic acids is 1. The molecule has 5 heteroatoms. The van der Waals surface area contributed by atoms with E-state index in [1.54, 1.807) is 7.11 Å². The maximum absolute atomic E-state index is 11.8. The lowest BCUT2D eigenvalue weighted by Gasteiger charge is -2.33. The molecule has 0 radical (unpaired) electrons. The predicted molar refractivity (Wildman–Crippen MR) is 71.9 cm³/mol. The highest BCUT2D eigenvalue weighted by Crippen LogP contribution is 2.36.